The number of nitrogens with one attached hydrogen (secondary N) is 2. The van der Waals surface area contributed by atoms with Crippen LogP contribution < -0.4 is 11.1 Å². The van der Waals surface area contributed by atoms with Gasteiger partial charge in [-0.15, -0.1) is 0 Å². The number of aromatic amines is 1. The molecule has 1 amide bonds. The predicted octanol–water partition coefficient (Wildman–Crippen LogP) is 0.149. The normalized spacial score (nSPS) is 12.1. The number of nitrogens with two attached hydrogens (primary N) is 1. The molecule has 4 N–H and O–H groups in total. The summed E-state index contributed by atoms with van der Waals surface area (Å²) in [5.74, 6) is 0.337. The van der Waals surface area contributed by atoms with Crippen LogP contribution in [0.5, 0.6) is 0 Å². The van der Waals surface area contributed by atoms with Crippen LogP contribution in [0.4, 0.5) is 0 Å². The van der Waals surface area contributed by atoms with E-state index in [0.717, 1.165) is 5.56 Å². The molecule has 7 nitrogen and oxygen atoms in total. The summed E-state index contributed by atoms with van der Waals surface area (Å²) >= 11 is 0. The first-order valence-electron chi connectivity index (χ1n) is 5.52. The van der Waals surface area contributed by atoms with E-state index in [9.17, 15) is 4.79 Å². The maximum absolute atomic E-state index is 11.9. The Morgan fingerprint density at radius 3 is 2.89 bits per heavy atom. The number of aromatic nitrogens is 4. The molecule has 0 aliphatic heterocycles. The number of hydrogen-bond acceptors (Lipinski definition) is 5. The Labute approximate surface area is 104 Å². The highest BCUT2D eigenvalue weighted by Crippen LogP contribution is 2.06. The lowest BCUT2D eigenvalue weighted by molar-refractivity contribution is 0.0933. The summed E-state index contributed by atoms with van der Waals surface area (Å²) in [5, 5.41) is 9.20. The fraction of sp³-hybridized carbons (Fsp3) is 0.273. The number of rotatable bonds is 4. The van der Waals surface area contributed by atoms with E-state index in [2.05, 4.69) is 25.5 Å². The molecule has 18 heavy (non-hydrogen) atoms. The predicted molar refractivity (Wildman–Crippen MR) is 64.4 cm³/mol. The molecule has 7 heteroatoms. The number of nitrogens with zero attached hydrogens (tertiary/aromatic N) is 3. The molecular weight excluding hydrogens is 232 g/mol. The van der Waals surface area contributed by atoms with Crippen molar-refractivity contribution in [2.75, 3.05) is 0 Å². The van der Waals surface area contributed by atoms with Gasteiger partial charge in [-0.1, -0.05) is 6.07 Å². The number of amides is 1. The first-order valence-corrected chi connectivity index (χ1v) is 5.52. The molecular formula is C11H14N6O. The summed E-state index contributed by atoms with van der Waals surface area (Å²) in [6.07, 6.45) is 2.99. The van der Waals surface area contributed by atoms with Gasteiger partial charge in [0.2, 0.25) is 0 Å². The van der Waals surface area contributed by atoms with Gasteiger partial charge in [-0.05, 0) is 18.6 Å². The number of hydrogen-bond donors (Lipinski definition) is 3. The Kier molecular flexibility index (Phi) is 3.63. The average molecular weight is 246 g/mol. The minimum Gasteiger partial charge on any atom is -0.341 e. The SMILES string of the molecule is CC(NC(=O)c1ccc(CN)cn1)c1ncn[nH]1. The van der Waals surface area contributed by atoms with Crippen molar-refractivity contribution in [3.63, 3.8) is 0 Å². The molecule has 0 fully saturated rings. The smallest absolute Gasteiger partial charge is 0.270 e. The summed E-state index contributed by atoms with van der Waals surface area (Å²) in [5.41, 5.74) is 6.69. The van der Waals surface area contributed by atoms with Crippen LogP contribution >= 0.6 is 0 Å². The molecule has 1 atom stereocenters. The minimum atomic E-state index is -0.262. The van der Waals surface area contributed by atoms with Gasteiger partial charge in [-0.3, -0.25) is 14.9 Å². The van der Waals surface area contributed by atoms with Crippen molar-refractivity contribution >= 4 is 5.91 Å². The van der Waals surface area contributed by atoms with Crippen LogP contribution in [0.25, 0.3) is 0 Å². The lowest BCUT2D eigenvalue weighted by Gasteiger charge is -2.10. The van der Waals surface area contributed by atoms with Gasteiger partial charge in [-0.25, -0.2) is 4.98 Å². The summed E-state index contributed by atoms with van der Waals surface area (Å²) < 4.78 is 0. The molecule has 0 saturated heterocycles. The zero-order valence-electron chi connectivity index (χ0n) is 9.92. The molecule has 2 heterocycles. The summed E-state index contributed by atoms with van der Waals surface area (Å²) in [6.45, 7) is 2.22. The highest BCUT2D eigenvalue weighted by Gasteiger charge is 2.14. The Bertz CT molecular complexity index is 507. The highest BCUT2D eigenvalue weighted by molar-refractivity contribution is 5.92. The van der Waals surface area contributed by atoms with Crippen LogP contribution in [0, 0.1) is 0 Å². The molecule has 0 saturated carbocycles. The van der Waals surface area contributed by atoms with Gasteiger partial charge in [0.25, 0.3) is 5.91 Å². The van der Waals surface area contributed by atoms with Crippen molar-refractivity contribution in [2.24, 2.45) is 5.73 Å². The van der Waals surface area contributed by atoms with E-state index in [0.29, 0.717) is 18.1 Å². The first kappa shape index (κ1) is 12.2. The van der Waals surface area contributed by atoms with Crippen LogP contribution in [0.15, 0.2) is 24.7 Å². The van der Waals surface area contributed by atoms with E-state index in [-0.39, 0.29) is 11.9 Å². The van der Waals surface area contributed by atoms with Crippen molar-refractivity contribution in [3.8, 4) is 0 Å². The largest absolute Gasteiger partial charge is 0.341 e. The van der Waals surface area contributed by atoms with Crippen LogP contribution in [-0.2, 0) is 6.54 Å². The Hall–Kier alpha value is -2.28. The second-order valence-corrected chi connectivity index (χ2v) is 3.82. The monoisotopic (exact) mass is 246 g/mol. The average Bonchev–Trinajstić information content (AvgIpc) is 2.92. The third-order valence-electron chi connectivity index (χ3n) is 2.48. The summed E-state index contributed by atoms with van der Waals surface area (Å²) in [6, 6.07) is 3.17. The van der Waals surface area contributed by atoms with Gasteiger partial charge < -0.3 is 11.1 Å². The van der Waals surface area contributed by atoms with E-state index in [1.165, 1.54) is 6.33 Å². The summed E-state index contributed by atoms with van der Waals surface area (Å²) in [7, 11) is 0. The van der Waals surface area contributed by atoms with Gasteiger partial charge in [0.05, 0.1) is 6.04 Å². The Morgan fingerprint density at radius 1 is 1.50 bits per heavy atom. The lowest BCUT2D eigenvalue weighted by Crippen LogP contribution is -2.28. The van der Waals surface area contributed by atoms with Crippen molar-refractivity contribution in [2.45, 2.75) is 19.5 Å². The van der Waals surface area contributed by atoms with Crippen molar-refractivity contribution < 1.29 is 4.79 Å². The second-order valence-electron chi connectivity index (χ2n) is 3.82. The fourth-order valence-corrected chi connectivity index (χ4v) is 1.44. The topological polar surface area (TPSA) is 110 Å². The molecule has 2 rings (SSSR count). The van der Waals surface area contributed by atoms with Crippen LogP contribution in [0.2, 0.25) is 0 Å². The van der Waals surface area contributed by atoms with Crippen molar-refractivity contribution in [1.29, 1.82) is 0 Å². The standard InChI is InChI=1S/C11H14N6O/c1-7(10-14-6-15-17-10)16-11(18)9-3-2-8(4-12)5-13-9/h2-3,5-7H,4,12H2,1H3,(H,16,18)(H,14,15,17). The van der Waals surface area contributed by atoms with Gasteiger partial charge >= 0.3 is 0 Å². The molecule has 2 aromatic rings. The minimum absolute atomic E-state index is 0.254. The molecule has 2 aromatic heterocycles. The quantitative estimate of drug-likeness (QED) is 0.711. The molecule has 0 spiro atoms. The molecule has 1 unspecified atom stereocenters. The van der Waals surface area contributed by atoms with Crippen LogP contribution in [0.1, 0.15) is 34.8 Å². The number of H-pyrrole nitrogens is 1. The van der Waals surface area contributed by atoms with E-state index in [4.69, 9.17) is 5.73 Å². The highest BCUT2D eigenvalue weighted by atomic mass is 16.1. The molecule has 0 radical (unpaired) electrons. The number of carbonyl (C=O) groups excluding carboxylic acids is 1. The van der Waals surface area contributed by atoms with Crippen molar-refractivity contribution in [1.82, 2.24) is 25.5 Å². The third-order valence-corrected chi connectivity index (χ3v) is 2.48. The van der Waals surface area contributed by atoms with Crippen LogP contribution in [-0.4, -0.2) is 26.1 Å². The zero-order valence-corrected chi connectivity index (χ0v) is 9.92. The molecule has 0 aliphatic carbocycles. The van der Waals surface area contributed by atoms with Gasteiger partial charge in [-0.2, -0.15) is 5.10 Å². The van der Waals surface area contributed by atoms with E-state index >= 15 is 0 Å². The molecule has 0 bridgehead atoms. The van der Waals surface area contributed by atoms with Gasteiger partial charge in [0.15, 0.2) is 0 Å². The van der Waals surface area contributed by atoms with Crippen molar-refractivity contribution in [3.05, 3.63) is 41.7 Å². The maximum Gasteiger partial charge on any atom is 0.270 e. The fourth-order valence-electron chi connectivity index (χ4n) is 1.44. The number of pyridine rings is 1. The summed E-state index contributed by atoms with van der Waals surface area (Å²) in [4.78, 5) is 19.9. The zero-order chi connectivity index (χ0) is 13.0. The van der Waals surface area contributed by atoms with Crippen LogP contribution in [0.3, 0.4) is 0 Å². The van der Waals surface area contributed by atoms with Gasteiger partial charge in [0, 0.05) is 12.7 Å². The third kappa shape index (κ3) is 2.69. The van der Waals surface area contributed by atoms with E-state index in [1.54, 1.807) is 18.3 Å². The van der Waals surface area contributed by atoms with Gasteiger partial charge in [0.1, 0.15) is 17.8 Å². The maximum atomic E-state index is 11.9. The lowest BCUT2D eigenvalue weighted by atomic mass is 10.2. The van der Waals surface area contributed by atoms with E-state index < -0.39 is 0 Å². The Balaban J connectivity index is 2.03. The molecule has 0 aliphatic rings. The van der Waals surface area contributed by atoms with E-state index in [1.807, 2.05) is 6.92 Å². The second kappa shape index (κ2) is 5.37. The number of carbonyl (C=O) groups is 1. The molecule has 94 valence electrons. The Morgan fingerprint density at radius 2 is 2.33 bits per heavy atom. The molecule has 0 aromatic carbocycles. The first-order chi connectivity index (χ1) is 8.70.